The van der Waals surface area contributed by atoms with E-state index in [1.54, 1.807) is 13.0 Å². The lowest BCUT2D eigenvalue weighted by Crippen LogP contribution is -2.41. The van der Waals surface area contributed by atoms with Crippen molar-refractivity contribution in [3.05, 3.63) is 64.8 Å². The molecule has 6 rings (SSSR count). The van der Waals surface area contributed by atoms with E-state index in [1.807, 2.05) is 12.1 Å². The molecule has 0 saturated heterocycles. The molecule has 2 amide bonds. The first-order chi connectivity index (χ1) is 19.6. The maximum Gasteiger partial charge on any atom is 0.573 e. The smallest absolute Gasteiger partial charge is 0.406 e. The average Bonchev–Trinajstić information content (AvgIpc) is 3.85. The van der Waals surface area contributed by atoms with Crippen molar-refractivity contribution < 1.29 is 32.0 Å². The van der Waals surface area contributed by atoms with Gasteiger partial charge in [0.25, 0.3) is 0 Å². The van der Waals surface area contributed by atoms with Gasteiger partial charge in [0.1, 0.15) is 5.75 Å². The third-order valence-electron chi connectivity index (χ3n) is 7.72. The molecule has 2 heterocycles. The van der Waals surface area contributed by atoms with Crippen LogP contribution in [0.25, 0.3) is 11.1 Å². The van der Waals surface area contributed by atoms with E-state index in [4.69, 9.17) is 4.52 Å². The highest BCUT2D eigenvalue weighted by molar-refractivity contribution is 5.82. The summed E-state index contributed by atoms with van der Waals surface area (Å²) in [6.45, 7) is 3.38. The summed E-state index contributed by atoms with van der Waals surface area (Å²) in [5.41, 5.74) is 4.27. The highest BCUT2D eigenvalue weighted by Crippen LogP contribution is 2.47. The minimum absolute atomic E-state index is 0.0185. The molecule has 216 valence electrons. The first-order valence-corrected chi connectivity index (χ1v) is 13.7. The van der Waals surface area contributed by atoms with Crippen LogP contribution in [0.3, 0.4) is 0 Å². The van der Waals surface area contributed by atoms with Gasteiger partial charge in [0, 0.05) is 25.7 Å². The fraction of sp³-hybridized carbons (Fsp3) is 0.448. The molecule has 2 fully saturated rings. The number of hydrogen-bond donors (Lipinski definition) is 2. The Morgan fingerprint density at radius 2 is 2.00 bits per heavy atom. The number of fused-ring (bicyclic) bond motifs is 1. The Bertz CT molecular complexity index is 1470. The number of carbonyl (C=O) groups excluding carboxylic acids is 2. The lowest BCUT2D eigenvalue weighted by atomic mass is 9.87. The average molecular weight is 570 g/mol. The molecular formula is C29H30F3N5O4. The van der Waals surface area contributed by atoms with Gasteiger partial charge in [0.2, 0.25) is 17.7 Å². The molecule has 3 aliphatic rings. The van der Waals surface area contributed by atoms with Crippen LogP contribution in [0.2, 0.25) is 0 Å². The summed E-state index contributed by atoms with van der Waals surface area (Å²) in [7, 11) is 0. The van der Waals surface area contributed by atoms with E-state index < -0.39 is 6.36 Å². The molecule has 2 aromatic carbocycles. The number of aryl methyl sites for hydroxylation is 1. The minimum Gasteiger partial charge on any atom is -0.406 e. The van der Waals surface area contributed by atoms with Crippen LogP contribution in [-0.2, 0) is 29.1 Å². The van der Waals surface area contributed by atoms with E-state index in [-0.39, 0.29) is 48.5 Å². The predicted octanol–water partition coefficient (Wildman–Crippen LogP) is 4.00. The molecule has 0 bridgehead atoms. The molecule has 2 aliphatic carbocycles. The molecule has 12 heteroatoms. The molecule has 2 atom stereocenters. The maximum atomic E-state index is 12.9. The van der Waals surface area contributed by atoms with Gasteiger partial charge >= 0.3 is 6.36 Å². The zero-order valence-corrected chi connectivity index (χ0v) is 22.5. The van der Waals surface area contributed by atoms with Crippen molar-refractivity contribution in [1.82, 2.24) is 25.7 Å². The molecule has 0 spiro atoms. The van der Waals surface area contributed by atoms with Crippen molar-refractivity contribution in [3.8, 4) is 16.9 Å². The van der Waals surface area contributed by atoms with E-state index >= 15 is 0 Å². The van der Waals surface area contributed by atoms with Gasteiger partial charge < -0.3 is 19.9 Å². The van der Waals surface area contributed by atoms with Gasteiger partial charge in [-0.1, -0.05) is 29.4 Å². The zero-order chi connectivity index (χ0) is 28.7. The number of nitrogens with one attached hydrogen (secondary N) is 2. The van der Waals surface area contributed by atoms with E-state index in [0.717, 1.165) is 35.1 Å². The predicted molar refractivity (Wildman–Crippen MR) is 140 cm³/mol. The SMILES string of the molecule is Cc1noc([C@H]2C[C@H]2C(=O)NCc2ccc(-c3cccc(OC(F)(F)F)c3)c3c2CN(CC(=O)NC2CC2)CC3)n1. The molecule has 9 nitrogen and oxygen atoms in total. The number of ether oxygens (including phenoxy) is 1. The number of rotatable bonds is 9. The largest absolute Gasteiger partial charge is 0.573 e. The maximum absolute atomic E-state index is 12.9. The van der Waals surface area contributed by atoms with Crippen molar-refractivity contribution in [2.24, 2.45) is 5.92 Å². The molecule has 2 saturated carbocycles. The normalized spacial score (nSPS) is 20.3. The molecule has 0 radical (unpaired) electrons. The Morgan fingerprint density at radius 3 is 2.73 bits per heavy atom. The van der Waals surface area contributed by atoms with Crippen molar-refractivity contribution in [2.75, 3.05) is 13.1 Å². The molecule has 1 aromatic heterocycles. The standard InChI is InChI=1S/C29H30F3N5O4/c1-16-34-28(41-36-16)24-12-23(24)27(39)33-13-18-5-8-21(17-3-2-4-20(11-17)40-29(30,31)32)22-9-10-37(14-25(18)22)15-26(38)35-19-6-7-19/h2-5,8,11,19,23-24H,6-7,9-10,12-15H2,1H3,(H,33,39)(H,35,38)/t23-,24+/m1/s1. The topological polar surface area (TPSA) is 110 Å². The van der Waals surface area contributed by atoms with Crippen LogP contribution in [0.15, 0.2) is 40.9 Å². The number of nitrogens with zero attached hydrogens (tertiary/aromatic N) is 3. The lowest BCUT2D eigenvalue weighted by molar-refractivity contribution is -0.274. The number of benzene rings is 2. The Labute approximate surface area is 234 Å². The van der Waals surface area contributed by atoms with Crippen molar-refractivity contribution >= 4 is 11.8 Å². The number of carbonyl (C=O) groups is 2. The monoisotopic (exact) mass is 569 g/mol. The Balaban J connectivity index is 1.22. The summed E-state index contributed by atoms with van der Waals surface area (Å²) >= 11 is 0. The first-order valence-electron chi connectivity index (χ1n) is 13.7. The van der Waals surface area contributed by atoms with Gasteiger partial charge in [-0.2, -0.15) is 4.98 Å². The van der Waals surface area contributed by atoms with Crippen LogP contribution in [0, 0.1) is 12.8 Å². The van der Waals surface area contributed by atoms with E-state index in [2.05, 4.69) is 30.4 Å². The van der Waals surface area contributed by atoms with E-state index in [9.17, 15) is 22.8 Å². The van der Waals surface area contributed by atoms with Crippen LogP contribution in [0.1, 0.15) is 53.6 Å². The Kier molecular flexibility index (Phi) is 7.18. The fourth-order valence-electron chi connectivity index (χ4n) is 5.47. The van der Waals surface area contributed by atoms with Gasteiger partial charge in [-0.05, 0) is 72.6 Å². The van der Waals surface area contributed by atoms with Crippen molar-refractivity contribution in [1.29, 1.82) is 0 Å². The van der Waals surface area contributed by atoms with Crippen LogP contribution >= 0.6 is 0 Å². The van der Waals surface area contributed by atoms with Gasteiger partial charge in [0.15, 0.2) is 5.82 Å². The number of aromatic nitrogens is 2. The highest BCUT2D eigenvalue weighted by Gasteiger charge is 2.47. The van der Waals surface area contributed by atoms with Crippen LogP contribution in [0.4, 0.5) is 13.2 Å². The van der Waals surface area contributed by atoms with Crippen molar-refractivity contribution in [3.63, 3.8) is 0 Å². The summed E-state index contributed by atoms with van der Waals surface area (Å²) in [6.07, 6.45) is -1.52. The van der Waals surface area contributed by atoms with E-state index in [0.29, 0.717) is 43.2 Å². The second-order valence-electron chi connectivity index (χ2n) is 11.0. The van der Waals surface area contributed by atoms with Crippen molar-refractivity contribution in [2.45, 2.75) is 64.0 Å². The number of amides is 2. The number of halogens is 3. The Morgan fingerprint density at radius 1 is 1.17 bits per heavy atom. The molecular weight excluding hydrogens is 539 g/mol. The number of hydrogen-bond acceptors (Lipinski definition) is 7. The fourth-order valence-corrected chi connectivity index (χ4v) is 5.47. The Hall–Kier alpha value is -3.93. The molecule has 3 aromatic rings. The molecule has 2 N–H and O–H groups in total. The minimum atomic E-state index is -4.79. The summed E-state index contributed by atoms with van der Waals surface area (Å²) in [6, 6.07) is 9.98. The van der Waals surface area contributed by atoms with Gasteiger partial charge in [-0.25, -0.2) is 0 Å². The summed E-state index contributed by atoms with van der Waals surface area (Å²) in [5.74, 6) is 0.282. The molecule has 41 heavy (non-hydrogen) atoms. The van der Waals surface area contributed by atoms with Crippen LogP contribution < -0.4 is 15.4 Å². The van der Waals surface area contributed by atoms with E-state index in [1.165, 1.54) is 18.2 Å². The van der Waals surface area contributed by atoms with Gasteiger partial charge in [0.05, 0.1) is 18.4 Å². The lowest BCUT2D eigenvalue weighted by Gasteiger charge is -2.31. The van der Waals surface area contributed by atoms with Gasteiger partial charge in [-0.15, -0.1) is 13.2 Å². The second kappa shape index (κ2) is 10.8. The molecule has 0 unspecified atom stereocenters. The third kappa shape index (κ3) is 6.53. The quantitative estimate of drug-likeness (QED) is 0.401. The first kappa shape index (κ1) is 27.3. The van der Waals surface area contributed by atoms with Gasteiger partial charge in [-0.3, -0.25) is 14.5 Å². The third-order valence-corrected chi connectivity index (χ3v) is 7.72. The second-order valence-corrected chi connectivity index (χ2v) is 11.0. The zero-order valence-electron chi connectivity index (χ0n) is 22.5. The van der Waals surface area contributed by atoms with Crippen LogP contribution in [-0.4, -0.2) is 52.3 Å². The van der Waals surface area contributed by atoms with Crippen LogP contribution in [0.5, 0.6) is 5.75 Å². The summed E-state index contributed by atoms with van der Waals surface area (Å²) in [4.78, 5) is 31.7. The summed E-state index contributed by atoms with van der Waals surface area (Å²) in [5, 5.41) is 9.85. The molecule has 1 aliphatic heterocycles. The summed E-state index contributed by atoms with van der Waals surface area (Å²) < 4.78 is 47.9. The highest BCUT2D eigenvalue weighted by atomic mass is 19.4. The number of alkyl halides is 3.